The number of rotatable bonds is 7. The number of halogens is 1. The normalized spacial score (nSPS) is 16.7. The number of carbonyl (C=O) groups excluding carboxylic acids is 1. The number of nitrogens with zero attached hydrogens (tertiary/aromatic N) is 3. The van der Waals surface area contributed by atoms with Crippen molar-refractivity contribution in [1.82, 2.24) is 20.4 Å². The molecule has 2 rings (SSSR count). The van der Waals surface area contributed by atoms with E-state index in [1.807, 2.05) is 18.7 Å². The van der Waals surface area contributed by atoms with Gasteiger partial charge in [-0.25, -0.2) is 0 Å². The van der Waals surface area contributed by atoms with E-state index >= 15 is 0 Å². The van der Waals surface area contributed by atoms with Gasteiger partial charge in [-0.05, 0) is 26.7 Å². The molecule has 0 aromatic carbocycles. The lowest BCUT2D eigenvalue weighted by Crippen LogP contribution is -2.58. The molecular weight excluding hydrogens is 318 g/mol. The Labute approximate surface area is 143 Å². The van der Waals surface area contributed by atoms with Crippen LogP contribution in [0.15, 0.2) is 4.52 Å². The van der Waals surface area contributed by atoms with Crippen LogP contribution in [0.4, 0.5) is 0 Å². The van der Waals surface area contributed by atoms with E-state index in [0.29, 0.717) is 18.3 Å². The molecule has 0 spiro atoms. The summed E-state index contributed by atoms with van der Waals surface area (Å²) < 4.78 is 5.02. The molecular formula is C15H28ClN5O2. The fourth-order valence-corrected chi connectivity index (χ4v) is 3.13. The van der Waals surface area contributed by atoms with Crippen LogP contribution in [0.5, 0.6) is 0 Å². The van der Waals surface area contributed by atoms with Gasteiger partial charge in [-0.1, -0.05) is 24.4 Å². The second kappa shape index (κ2) is 9.20. The Morgan fingerprint density at radius 2 is 1.96 bits per heavy atom. The van der Waals surface area contributed by atoms with Crippen LogP contribution in [0.1, 0.15) is 57.7 Å². The third-order valence-corrected chi connectivity index (χ3v) is 4.44. The SMILES string of the molecule is CCN(CC)C(=O)C1(NCc2noc(CN)n2)CCCCC1.Cl. The molecule has 0 radical (unpaired) electrons. The Bertz CT molecular complexity index is 484. The highest BCUT2D eigenvalue weighted by Crippen LogP contribution is 2.30. The quantitative estimate of drug-likeness (QED) is 0.779. The van der Waals surface area contributed by atoms with Gasteiger partial charge < -0.3 is 15.2 Å². The highest BCUT2D eigenvalue weighted by Gasteiger charge is 2.41. The van der Waals surface area contributed by atoms with Crippen LogP contribution in [0.3, 0.4) is 0 Å². The van der Waals surface area contributed by atoms with Crippen molar-refractivity contribution < 1.29 is 9.32 Å². The third kappa shape index (κ3) is 4.65. The fraction of sp³-hybridized carbons (Fsp3) is 0.800. The highest BCUT2D eigenvalue weighted by molar-refractivity contribution is 5.86. The first-order valence-electron chi connectivity index (χ1n) is 8.21. The van der Waals surface area contributed by atoms with Gasteiger partial charge in [0.05, 0.1) is 18.6 Å². The van der Waals surface area contributed by atoms with Crippen molar-refractivity contribution in [3.63, 3.8) is 0 Å². The maximum absolute atomic E-state index is 12.9. The summed E-state index contributed by atoms with van der Waals surface area (Å²) in [7, 11) is 0. The summed E-state index contributed by atoms with van der Waals surface area (Å²) in [5.41, 5.74) is 4.98. The zero-order chi connectivity index (χ0) is 16.0. The van der Waals surface area contributed by atoms with Crippen molar-refractivity contribution in [1.29, 1.82) is 0 Å². The fourth-order valence-electron chi connectivity index (χ4n) is 3.13. The van der Waals surface area contributed by atoms with Gasteiger partial charge in [-0.15, -0.1) is 12.4 Å². The molecule has 1 aromatic rings. The van der Waals surface area contributed by atoms with Crippen LogP contribution in [-0.2, 0) is 17.9 Å². The molecule has 1 aliphatic carbocycles. The zero-order valence-electron chi connectivity index (χ0n) is 14.0. The summed E-state index contributed by atoms with van der Waals surface area (Å²) in [5.74, 6) is 1.17. The van der Waals surface area contributed by atoms with E-state index in [9.17, 15) is 4.79 Å². The smallest absolute Gasteiger partial charge is 0.242 e. The van der Waals surface area contributed by atoms with Gasteiger partial charge in [0.25, 0.3) is 0 Å². The second-order valence-corrected chi connectivity index (χ2v) is 5.78. The van der Waals surface area contributed by atoms with E-state index in [1.54, 1.807) is 0 Å². The predicted molar refractivity (Wildman–Crippen MR) is 90.0 cm³/mol. The molecule has 23 heavy (non-hydrogen) atoms. The van der Waals surface area contributed by atoms with Gasteiger partial charge in [0.1, 0.15) is 0 Å². The molecule has 132 valence electrons. The first-order valence-corrected chi connectivity index (χ1v) is 8.21. The highest BCUT2D eigenvalue weighted by atomic mass is 35.5. The first-order chi connectivity index (χ1) is 10.6. The van der Waals surface area contributed by atoms with Crippen molar-refractivity contribution in [2.45, 2.75) is 64.6 Å². The molecule has 1 aliphatic rings. The molecule has 0 unspecified atom stereocenters. The van der Waals surface area contributed by atoms with Crippen LogP contribution in [0.25, 0.3) is 0 Å². The molecule has 1 saturated carbocycles. The lowest BCUT2D eigenvalue weighted by atomic mass is 9.80. The van der Waals surface area contributed by atoms with Crippen LogP contribution < -0.4 is 11.1 Å². The largest absolute Gasteiger partial charge is 0.342 e. The van der Waals surface area contributed by atoms with Crippen molar-refractivity contribution in [3.8, 4) is 0 Å². The van der Waals surface area contributed by atoms with Crippen LogP contribution in [0.2, 0.25) is 0 Å². The van der Waals surface area contributed by atoms with E-state index in [2.05, 4.69) is 15.5 Å². The number of hydrogen-bond donors (Lipinski definition) is 2. The van der Waals surface area contributed by atoms with E-state index in [1.165, 1.54) is 6.42 Å². The Morgan fingerprint density at radius 1 is 1.30 bits per heavy atom. The zero-order valence-corrected chi connectivity index (χ0v) is 14.8. The van der Waals surface area contributed by atoms with E-state index in [0.717, 1.165) is 38.8 Å². The molecule has 0 bridgehead atoms. The second-order valence-electron chi connectivity index (χ2n) is 5.78. The number of nitrogens with one attached hydrogen (secondary N) is 1. The Morgan fingerprint density at radius 3 is 2.48 bits per heavy atom. The maximum Gasteiger partial charge on any atom is 0.242 e. The molecule has 0 saturated heterocycles. The lowest BCUT2D eigenvalue weighted by Gasteiger charge is -2.40. The Hall–Kier alpha value is -1.18. The van der Waals surface area contributed by atoms with Gasteiger partial charge in [0.2, 0.25) is 11.8 Å². The van der Waals surface area contributed by atoms with E-state index in [4.69, 9.17) is 10.3 Å². The van der Waals surface area contributed by atoms with Crippen LogP contribution in [0, 0.1) is 0 Å². The number of carbonyl (C=O) groups is 1. The maximum atomic E-state index is 12.9. The van der Waals surface area contributed by atoms with Gasteiger partial charge in [-0.2, -0.15) is 4.98 Å². The average molecular weight is 346 g/mol. The minimum absolute atomic E-state index is 0. The third-order valence-electron chi connectivity index (χ3n) is 4.44. The summed E-state index contributed by atoms with van der Waals surface area (Å²) in [6.45, 7) is 6.17. The van der Waals surface area contributed by atoms with Crippen molar-refractivity contribution in [2.24, 2.45) is 5.73 Å². The molecule has 8 heteroatoms. The van der Waals surface area contributed by atoms with Crippen LogP contribution >= 0.6 is 12.4 Å². The molecule has 0 atom stereocenters. The summed E-state index contributed by atoms with van der Waals surface area (Å²) in [4.78, 5) is 19.0. The predicted octanol–water partition coefficient (Wildman–Crippen LogP) is 1.61. The van der Waals surface area contributed by atoms with Crippen molar-refractivity contribution >= 4 is 18.3 Å². The summed E-state index contributed by atoms with van der Waals surface area (Å²) in [6, 6.07) is 0. The van der Waals surface area contributed by atoms with E-state index in [-0.39, 0.29) is 24.9 Å². The molecule has 3 N–H and O–H groups in total. The monoisotopic (exact) mass is 345 g/mol. The van der Waals surface area contributed by atoms with Gasteiger partial charge in [-0.3, -0.25) is 10.1 Å². The summed E-state index contributed by atoms with van der Waals surface area (Å²) >= 11 is 0. The van der Waals surface area contributed by atoms with Gasteiger partial charge >= 0.3 is 0 Å². The topological polar surface area (TPSA) is 97.3 Å². The molecule has 1 aromatic heterocycles. The lowest BCUT2D eigenvalue weighted by molar-refractivity contribution is -0.139. The van der Waals surface area contributed by atoms with Crippen LogP contribution in [-0.4, -0.2) is 39.6 Å². The molecule has 7 nitrogen and oxygen atoms in total. The summed E-state index contributed by atoms with van der Waals surface area (Å²) in [5, 5.41) is 7.31. The number of hydrogen-bond acceptors (Lipinski definition) is 6. The van der Waals surface area contributed by atoms with E-state index < -0.39 is 5.54 Å². The van der Waals surface area contributed by atoms with Gasteiger partial charge in [0.15, 0.2) is 5.82 Å². The Kier molecular flexibility index (Phi) is 7.94. The number of nitrogens with two attached hydrogens (primary N) is 1. The minimum atomic E-state index is -0.492. The first kappa shape index (κ1) is 19.9. The molecule has 1 amide bonds. The summed E-state index contributed by atoms with van der Waals surface area (Å²) in [6.07, 6.45) is 5.06. The Balaban J connectivity index is 0.00000264. The number of likely N-dealkylation sites (N-methyl/N-ethyl adjacent to an activating group) is 1. The number of aromatic nitrogens is 2. The molecule has 1 heterocycles. The van der Waals surface area contributed by atoms with Crippen molar-refractivity contribution in [3.05, 3.63) is 11.7 Å². The average Bonchev–Trinajstić information content (AvgIpc) is 3.03. The minimum Gasteiger partial charge on any atom is -0.342 e. The molecule has 0 aliphatic heterocycles. The standard InChI is InChI=1S/C15H27N5O2.ClH/c1-3-20(4-2)14(21)15(8-6-5-7-9-15)17-11-12-18-13(10-16)22-19-12;/h17H,3-11,16H2,1-2H3;1H. The van der Waals surface area contributed by atoms with Crippen molar-refractivity contribution in [2.75, 3.05) is 13.1 Å². The van der Waals surface area contributed by atoms with Gasteiger partial charge in [0, 0.05) is 13.1 Å². The number of amides is 1. The molecule has 1 fully saturated rings.